The van der Waals surface area contributed by atoms with Crippen LogP contribution in [-0.2, 0) is 20.9 Å². The molecule has 96 valence electrons. The average Bonchev–Trinajstić information content (AvgIpc) is 2.42. The lowest BCUT2D eigenvalue weighted by atomic mass is 10.1. The summed E-state index contributed by atoms with van der Waals surface area (Å²) >= 11 is 0. The van der Waals surface area contributed by atoms with Crippen LogP contribution in [0, 0.1) is 17.8 Å². The van der Waals surface area contributed by atoms with Gasteiger partial charge in [0.2, 0.25) is 0 Å². The maximum absolute atomic E-state index is 11.1. The van der Waals surface area contributed by atoms with E-state index in [2.05, 4.69) is 16.6 Å². The van der Waals surface area contributed by atoms with E-state index >= 15 is 0 Å². The first kappa shape index (κ1) is 14.3. The number of carbonyl (C=O) groups is 1. The molecule has 18 heavy (non-hydrogen) atoms. The first-order valence-electron chi connectivity index (χ1n) is 5.89. The SMILES string of the molecule is COC(=O)C(C)CC#CCOCc1ccccc1. The standard InChI is InChI=1S/C15H18O3/c1-13(15(16)17-2)8-6-7-11-18-12-14-9-4-3-5-10-14/h3-5,9-10,13H,8,11-12H2,1-2H3. The number of ether oxygens (including phenoxy) is 2. The smallest absolute Gasteiger partial charge is 0.309 e. The molecule has 1 unspecified atom stereocenters. The monoisotopic (exact) mass is 246 g/mol. The summed E-state index contributed by atoms with van der Waals surface area (Å²) in [6.07, 6.45) is 0.501. The summed E-state index contributed by atoms with van der Waals surface area (Å²) in [4.78, 5) is 11.1. The van der Waals surface area contributed by atoms with Crippen LogP contribution in [0.15, 0.2) is 30.3 Å². The molecule has 0 saturated carbocycles. The zero-order valence-electron chi connectivity index (χ0n) is 10.8. The molecule has 0 N–H and O–H groups in total. The first-order valence-corrected chi connectivity index (χ1v) is 5.89. The van der Waals surface area contributed by atoms with Crippen molar-refractivity contribution in [3.63, 3.8) is 0 Å². The lowest BCUT2D eigenvalue weighted by Crippen LogP contribution is -2.11. The second kappa shape index (κ2) is 8.32. The molecule has 1 aromatic rings. The molecule has 3 heteroatoms. The Bertz CT molecular complexity index is 414. The average molecular weight is 246 g/mol. The summed E-state index contributed by atoms with van der Waals surface area (Å²) in [7, 11) is 1.38. The fraction of sp³-hybridized carbons (Fsp3) is 0.400. The zero-order chi connectivity index (χ0) is 13.2. The van der Waals surface area contributed by atoms with Crippen LogP contribution in [0.2, 0.25) is 0 Å². The van der Waals surface area contributed by atoms with Gasteiger partial charge in [0, 0.05) is 6.42 Å². The Kier molecular flexibility index (Phi) is 6.60. The van der Waals surface area contributed by atoms with E-state index in [-0.39, 0.29) is 11.9 Å². The van der Waals surface area contributed by atoms with Crippen LogP contribution < -0.4 is 0 Å². The number of hydrogen-bond acceptors (Lipinski definition) is 3. The lowest BCUT2D eigenvalue weighted by molar-refractivity contribution is -0.144. The first-order chi connectivity index (χ1) is 8.74. The van der Waals surface area contributed by atoms with E-state index in [0.717, 1.165) is 5.56 Å². The fourth-order valence-corrected chi connectivity index (χ4v) is 1.35. The molecule has 1 rings (SSSR count). The van der Waals surface area contributed by atoms with Crippen molar-refractivity contribution in [3.05, 3.63) is 35.9 Å². The molecule has 1 atom stereocenters. The van der Waals surface area contributed by atoms with Crippen LogP contribution >= 0.6 is 0 Å². The van der Waals surface area contributed by atoms with Gasteiger partial charge in [-0.05, 0) is 5.56 Å². The Balaban J connectivity index is 2.17. The highest BCUT2D eigenvalue weighted by molar-refractivity contribution is 5.72. The summed E-state index contributed by atoms with van der Waals surface area (Å²) in [5, 5.41) is 0. The number of rotatable bonds is 5. The van der Waals surface area contributed by atoms with E-state index in [1.165, 1.54) is 7.11 Å². The predicted octanol–water partition coefficient (Wildman–Crippen LogP) is 2.41. The van der Waals surface area contributed by atoms with Crippen molar-refractivity contribution in [2.45, 2.75) is 20.0 Å². The van der Waals surface area contributed by atoms with Gasteiger partial charge in [-0.25, -0.2) is 0 Å². The van der Waals surface area contributed by atoms with Gasteiger partial charge in [0.15, 0.2) is 0 Å². The third-order valence-electron chi connectivity index (χ3n) is 2.42. The van der Waals surface area contributed by atoms with Gasteiger partial charge in [-0.3, -0.25) is 4.79 Å². The van der Waals surface area contributed by atoms with Gasteiger partial charge in [0.05, 0.1) is 19.6 Å². The van der Waals surface area contributed by atoms with Gasteiger partial charge >= 0.3 is 5.97 Å². The van der Waals surface area contributed by atoms with Crippen LogP contribution in [0.25, 0.3) is 0 Å². The van der Waals surface area contributed by atoms with Crippen molar-refractivity contribution in [1.29, 1.82) is 0 Å². The summed E-state index contributed by atoms with van der Waals surface area (Å²) < 4.78 is 10.0. The highest BCUT2D eigenvalue weighted by atomic mass is 16.5. The van der Waals surface area contributed by atoms with E-state index in [1.54, 1.807) is 6.92 Å². The maximum atomic E-state index is 11.1. The topological polar surface area (TPSA) is 35.5 Å². The van der Waals surface area contributed by atoms with E-state index in [4.69, 9.17) is 4.74 Å². The highest BCUT2D eigenvalue weighted by Gasteiger charge is 2.10. The number of carbonyl (C=O) groups excluding carboxylic acids is 1. The van der Waals surface area contributed by atoms with Gasteiger partial charge < -0.3 is 9.47 Å². The lowest BCUT2D eigenvalue weighted by Gasteiger charge is -2.03. The molecule has 0 saturated heterocycles. The molecule has 0 heterocycles. The molecule has 0 bridgehead atoms. The van der Waals surface area contributed by atoms with E-state index in [9.17, 15) is 4.79 Å². The molecule has 0 amide bonds. The summed E-state index contributed by atoms with van der Waals surface area (Å²) in [5.74, 6) is 5.39. The quantitative estimate of drug-likeness (QED) is 0.454. The summed E-state index contributed by atoms with van der Waals surface area (Å²) in [6, 6.07) is 9.93. The van der Waals surface area contributed by atoms with Crippen molar-refractivity contribution in [1.82, 2.24) is 0 Å². The molecule has 0 fully saturated rings. The van der Waals surface area contributed by atoms with Crippen molar-refractivity contribution in [2.24, 2.45) is 5.92 Å². The minimum Gasteiger partial charge on any atom is -0.469 e. The Morgan fingerprint density at radius 1 is 1.28 bits per heavy atom. The molecule has 0 aliphatic rings. The maximum Gasteiger partial charge on any atom is 0.309 e. The third kappa shape index (κ3) is 5.51. The van der Waals surface area contributed by atoms with Crippen molar-refractivity contribution in [3.8, 4) is 11.8 Å². The van der Waals surface area contributed by atoms with Gasteiger partial charge in [-0.2, -0.15) is 0 Å². The molecule has 0 spiro atoms. The molecule has 1 aromatic carbocycles. The number of benzene rings is 1. The van der Waals surface area contributed by atoms with E-state index < -0.39 is 0 Å². The van der Waals surface area contributed by atoms with Gasteiger partial charge in [-0.1, -0.05) is 49.1 Å². The summed E-state index contributed by atoms with van der Waals surface area (Å²) in [5.41, 5.74) is 1.13. The van der Waals surface area contributed by atoms with Crippen LogP contribution in [0.5, 0.6) is 0 Å². The van der Waals surface area contributed by atoms with Crippen molar-refractivity contribution in [2.75, 3.05) is 13.7 Å². The molecular formula is C15H18O3. The largest absolute Gasteiger partial charge is 0.469 e. The van der Waals surface area contributed by atoms with Crippen LogP contribution in [0.3, 0.4) is 0 Å². The second-order valence-corrected chi connectivity index (χ2v) is 3.96. The molecule has 3 nitrogen and oxygen atoms in total. The second-order valence-electron chi connectivity index (χ2n) is 3.96. The number of methoxy groups -OCH3 is 1. The Hall–Kier alpha value is -1.79. The normalized spacial score (nSPS) is 11.2. The Morgan fingerprint density at radius 2 is 2.00 bits per heavy atom. The molecular weight excluding hydrogens is 228 g/mol. The Morgan fingerprint density at radius 3 is 2.67 bits per heavy atom. The number of esters is 1. The Labute approximate surface area is 108 Å². The molecule has 0 aromatic heterocycles. The summed E-state index contributed by atoms with van der Waals surface area (Å²) in [6.45, 7) is 2.73. The van der Waals surface area contributed by atoms with Crippen molar-refractivity contribution < 1.29 is 14.3 Å². The van der Waals surface area contributed by atoms with Gasteiger partial charge in [0.25, 0.3) is 0 Å². The fourth-order valence-electron chi connectivity index (χ4n) is 1.35. The molecule has 0 aliphatic carbocycles. The van der Waals surface area contributed by atoms with E-state index in [0.29, 0.717) is 19.6 Å². The minimum atomic E-state index is -0.227. The molecule has 0 aliphatic heterocycles. The van der Waals surface area contributed by atoms with Crippen LogP contribution in [0.4, 0.5) is 0 Å². The van der Waals surface area contributed by atoms with E-state index in [1.807, 2.05) is 30.3 Å². The number of hydrogen-bond donors (Lipinski definition) is 0. The highest BCUT2D eigenvalue weighted by Crippen LogP contribution is 2.02. The predicted molar refractivity (Wildman–Crippen MR) is 69.7 cm³/mol. The van der Waals surface area contributed by atoms with Crippen LogP contribution in [-0.4, -0.2) is 19.7 Å². The van der Waals surface area contributed by atoms with Crippen molar-refractivity contribution >= 4 is 5.97 Å². The van der Waals surface area contributed by atoms with Crippen LogP contribution in [0.1, 0.15) is 18.9 Å². The van der Waals surface area contributed by atoms with Gasteiger partial charge in [-0.15, -0.1) is 0 Å². The minimum absolute atomic E-state index is 0.184. The third-order valence-corrected chi connectivity index (χ3v) is 2.42. The molecule has 0 radical (unpaired) electrons. The zero-order valence-corrected chi connectivity index (χ0v) is 10.8. The van der Waals surface area contributed by atoms with Gasteiger partial charge in [0.1, 0.15) is 6.61 Å².